The summed E-state index contributed by atoms with van der Waals surface area (Å²) in [5.41, 5.74) is 20.3. The van der Waals surface area contributed by atoms with Gasteiger partial charge in [0.15, 0.2) is 34.5 Å². The molecule has 0 aliphatic carbocycles. The van der Waals surface area contributed by atoms with E-state index in [0.717, 1.165) is 0 Å². The molecule has 0 amide bonds. The first-order chi connectivity index (χ1) is 48.5. The molecule has 3 fully saturated rings. The van der Waals surface area contributed by atoms with E-state index in [-0.39, 0.29) is 149 Å². The molecule has 0 bridgehead atoms. The highest BCUT2D eigenvalue weighted by Crippen LogP contribution is 2.48. The number of benzene rings is 3. The molecule has 90 heavy (non-hydrogen) atoms. The Labute approximate surface area is 560 Å². The van der Waals surface area contributed by atoms with Gasteiger partial charge in [0.05, 0.1) is 63.1 Å². The van der Waals surface area contributed by atoms with Crippen molar-refractivity contribution < 1.29 is 77.6 Å². The minimum Gasteiger partial charge on any atom is -0.493 e. The Morgan fingerprint density at radius 2 is 0.689 bits per heavy atom. The third-order valence-corrected chi connectivity index (χ3v) is 17.7. The quantitative estimate of drug-likeness (QED) is 0.0666. The van der Waals surface area contributed by atoms with E-state index < -0.39 is 85.3 Å². The minimum absolute atomic E-state index is 0.0279. The molecular formula is C72H114N6O12. The van der Waals surface area contributed by atoms with Gasteiger partial charge in [-0.15, -0.1) is 0 Å². The van der Waals surface area contributed by atoms with Gasteiger partial charge in [0.25, 0.3) is 0 Å². The van der Waals surface area contributed by atoms with Gasteiger partial charge in [-0.05, 0) is 144 Å². The summed E-state index contributed by atoms with van der Waals surface area (Å²) in [4.78, 5) is 44.4. The van der Waals surface area contributed by atoms with E-state index >= 15 is 0 Å². The maximum Gasteiger partial charge on any atom is 0.323 e. The van der Waals surface area contributed by atoms with Crippen molar-refractivity contribution in [1.29, 1.82) is 0 Å². The summed E-state index contributed by atoms with van der Waals surface area (Å²) in [6.07, 6.45) is -2.61. The van der Waals surface area contributed by atoms with Gasteiger partial charge in [0.2, 0.25) is 0 Å². The zero-order valence-corrected chi connectivity index (χ0v) is 56.5. The van der Waals surface area contributed by atoms with Crippen LogP contribution in [-0.4, -0.2) is 151 Å². The highest BCUT2D eigenvalue weighted by atomic mass is 16.6. The zero-order valence-electron chi connectivity index (χ0n) is 71.5. The van der Waals surface area contributed by atoms with E-state index in [1.165, 1.54) is 35.5 Å². The fraction of sp³-hybridized carbons (Fsp3) is 0.708. The summed E-state index contributed by atoms with van der Waals surface area (Å²) in [6.45, 7) is 25.5. The van der Waals surface area contributed by atoms with Crippen molar-refractivity contribution >= 4 is 17.9 Å². The molecule has 0 aromatic heterocycles. The van der Waals surface area contributed by atoms with Gasteiger partial charge in [-0.25, -0.2) is 0 Å². The fourth-order valence-electron chi connectivity index (χ4n) is 12.5. The van der Waals surface area contributed by atoms with Crippen LogP contribution in [0.4, 0.5) is 0 Å². The Morgan fingerprint density at radius 3 is 0.911 bits per heavy atom. The SMILES string of the molecule is [2H]c1c2c(c([2H])c(OC)c1OC([2H])([2H])[2H])C1([2H])CC([2H])(OC(=O)[C@@H](N)C(C)C)C(CC(C)C)CN1CC2.[2H]c1c2c(c([2H])c(OC)c1OC)C1([2H])CC([2H])(OC(=O)[C@@H](N)C(C)C)C(CC(C)C)CN1CC2.[2H]c1c2c(c([2H])c(OC)c1OC)C1([2H])CC([2H])(OC(=O)[C@@H](N)C(C)C)C(CC(C)C)CN1CC2. The summed E-state index contributed by atoms with van der Waals surface area (Å²) in [5, 5.41) is 0. The van der Waals surface area contributed by atoms with Crippen LogP contribution in [0.1, 0.15) is 194 Å². The molecule has 18 heteroatoms. The minimum atomic E-state index is -2.86. The number of carbonyl (C=O) groups is 3. The molecule has 0 saturated carbocycles. The van der Waals surface area contributed by atoms with Crippen molar-refractivity contribution in [2.45, 2.75) is 195 Å². The third-order valence-electron chi connectivity index (χ3n) is 17.7. The predicted octanol–water partition coefficient (Wildman–Crippen LogP) is 10.7. The molecule has 6 aliphatic heterocycles. The molecule has 504 valence electrons. The molecule has 6 heterocycles. The first-order valence-electron chi connectivity index (χ1n) is 39.6. The molecule has 0 radical (unpaired) electrons. The van der Waals surface area contributed by atoms with Crippen LogP contribution < -0.4 is 45.6 Å². The smallest absolute Gasteiger partial charge is 0.323 e. The topological polar surface area (TPSA) is 222 Å². The second-order valence-corrected chi connectivity index (χ2v) is 26.8. The van der Waals surface area contributed by atoms with Crippen LogP contribution in [0, 0.1) is 53.3 Å². The van der Waals surface area contributed by atoms with Gasteiger partial charge < -0.3 is 59.8 Å². The largest absolute Gasteiger partial charge is 0.493 e. The Balaban J connectivity index is 0.000000220. The summed E-state index contributed by atoms with van der Waals surface area (Å²) >= 11 is 0. The van der Waals surface area contributed by atoms with E-state index in [9.17, 15) is 22.6 Å². The lowest BCUT2D eigenvalue weighted by Gasteiger charge is -2.47. The maximum atomic E-state index is 12.9. The number of methoxy groups -OCH3 is 6. The Hall–Kier alpha value is -5.37. The zero-order chi connectivity index (χ0) is 79.3. The summed E-state index contributed by atoms with van der Waals surface area (Å²) in [5.74, 6) is -2.92. The predicted molar refractivity (Wildman–Crippen MR) is 353 cm³/mol. The number of esters is 3. The number of ether oxygens (including phenoxy) is 9. The van der Waals surface area contributed by atoms with Crippen molar-refractivity contribution in [1.82, 2.24) is 14.7 Å². The van der Waals surface area contributed by atoms with Crippen LogP contribution in [0.3, 0.4) is 0 Å². The normalized spacial score (nSPS) is 32.3. The second kappa shape index (κ2) is 32.5. The van der Waals surface area contributed by atoms with Gasteiger partial charge in [0.1, 0.15) is 36.4 Å². The molecule has 12 atom stereocenters. The molecule has 3 aromatic rings. The number of piperidine rings is 3. The lowest BCUT2D eigenvalue weighted by molar-refractivity contribution is -0.161. The molecular weight excluding hydrogens is 1140 g/mol. The second-order valence-electron chi connectivity index (χ2n) is 26.8. The summed E-state index contributed by atoms with van der Waals surface area (Å²) in [6, 6.07) is -7.81. The Bertz CT molecular complexity index is 3500. The Kier molecular flexibility index (Phi) is 19.1. The molecule has 9 rings (SSSR count). The van der Waals surface area contributed by atoms with E-state index in [1.54, 1.807) is 13.8 Å². The molecule has 18 nitrogen and oxygen atoms in total. The first-order valence-corrected chi connectivity index (χ1v) is 32.1. The average molecular weight is 1270 g/mol. The number of hydrogen-bond donors (Lipinski definition) is 3. The number of nitrogens with two attached hydrogens (primary N) is 3. The highest BCUT2D eigenvalue weighted by molar-refractivity contribution is 5.77. The monoisotopic (exact) mass is 1270 g/mol. The van der Waals surface area contributed by atoms with Gasteiger partial charge >= 0.3 is 17.9 Å². The van der Waals surface area contributed by atoms with Crippen molar-refractivity contribution in [2.75, 3.05) is 81.9 Å². The van der Waals surface area contributed by atoms with Gasteiger partial charge in [-0.2, -0.15) is 0 Å². The van der Waals surface area contributed by atoms with Gasteiger partial charge in [-0.3, -0.25) is 29.1 Å². The number of fused-ring (bicyclic) bond motifs is 9. The lowest BCUT2D eigenvalue weighted by atomic mass is 9.79. The van der Waals surface area contributed by atoms with E-state index in [1.807, 2.05) is 56.2 Å². The van der Waals surface area contributed by atoms with Crippen molar-refractivity contribution in [3.63, 3.8) is 0 Å². The number of nitrogens with zero attached hydrogens (tertiary/aromatic N) is 3. The average Bonchev–Trinajstić information content (AvgIpc) is 0.722. The van der Waals surface area contributed by atoms with E-state index in [4.69, 9.17) is 72.2 Å². The molecule has 6 aliphatic rings. The first kappa shape index (κ1) is 53.0. The van der Waals surface area contributed by atoms with Crippen LogP contribution in [0.5, 0.6) is 34.5 Å². The number of hydrogen-bond acceptors (Lipinski definition) is 18. The standard InChI is InChI=1S/3C24H38N2O4/c3*1-14(2)9-17-13-26-8-7-16-10-21(28-5)22(29-6)11-18(16)19(26)12-20(17)30-24(27)23(25)15(3)4/h3*10-11,14-15,17,19-20,23H,7-9,12-13,25H2,1-6H3/t3*17?,19?,20?,23-/m000/s1/i5D3,10D,11D,19D,20D;2*10D,11D,19D,20D. The fourth-order valence-corrected chi connectivity index (χ4v) is 12.5. The third kappa shape index (κ3) is 17.5. The van der Waals surface area contributed by atoms with Crippen LogP contribution >= 0.6 is 0 Å². The number of carbonyl (C=O) groups excluding carboxylic acids is 3. The van der Waals surface area contributed by atoms with Crippen LogP contribution in [0.25, 0.3) is 0 Å². The van der Waals surface area contributed by atoms with Gasteiger partial charge in [-0.1, -0.05) is 83.1 Å². The lowest BCUT2D eigenvalue weighted by Crippen LogP contribution is -2.51. The Morgan fingerprint density at radius 1 is 0.444 bits per heavy atom. The van der Waals surface area contributed by atoms with Crippen molar-refractivity contribution in [2.24, 2.45) is 70.5 Å². The van der Waals surface area contributed by atoms with Crippen LogP contribution in [0.15, 0.2) is 36.3 Å². The van der Waals surface area contributed by atoms with Crippen LogP contribution in [-0.2, 0) is 47.9 Å². The van der Waals surface area contributed by atoms with Gasteiger partial charge in [0, 0.05) is 94.3 Å². The number of rotatable bonds is 21. The molecule has 0 spiro atoms. The molecule has 6 N–H and O–H groups in total. The van der Waals surface area contributed by atoms with E-state index in [0.29, 0.717) is 99.1 Å². The van der Waals surface area contributed by atoms with Crippen LogP contribution in [0.2, 0.25) is 0 Å². The van der Waals surface area contributed by atoms with Crippen molar-refractivity contribution in [3.05, 3.63) is 69.6 Å². The van der Waals surface area contributed by atoms with E-state index in [2.05, 4.69) is 27.7 Å². The summed E-state index contributed by atoms with van der Waals surface area (Å²) < 4.78 is 181. The molecule has 3 saturated heterocycles. The molecule has 3 aromatic carbocycles. The highest BCUT2D eigenvalue weighted by Gasteiger charge is 2.45. The summed E-state index contributed by atoms with van der Waals surface area (Å²) in [7, 11) is 4.04. The maximum absolute atomic E-state index is 12.9. The van der Waals surface area contributed by atoms with Crippen molar-refractivity contribution in [3.8, 4) is 34.5 Å². The molecule has 9 unspecified atom stereocenters.